The Morgan fingerprint density at radius 1 is 1.12 bits per heavy atom. The lowest BCUT2D eigenvalue weighted by atomic mass is 10.1. The number of hydrogen-bond acceptors (Lipinski definition) is 5. The van der Waals surface area contributed by atoms with E-state index in [0.717, 1.165) is 25.1 Å². The zero-order valence-corrected chi connectivity index (χ0v) is 17.2. The summed E-state index contributed by atoms with van der Waals surface area (Å²) in [4.78, 5) is 27.8. The van der Waals surface area contributed by atoms with Crippen LogP contribution in [0.25, 0.3) is 11.5 Å². The average molecular weight is 443 g/mol. The van der Waals surface area contributed by atoms with Gasteiger partial charge in [0.15, 0.2) is 5.82 Å². The lowest BCUT2D eigenvalue weighted by Crippen LogP contribution is -2.47. The number of ether oxygens (including phenoxy) is 1. The lowest BCUT2D eigenvalue weighted by Gasteiger charge is -2.33. The summed E-state index contributed by atoms with van der Waals surface area (Å²) < 4.78 is 46.0. The fourth-order valence-electron chi connectivity index (χ4n) is 4.60. The van der Waals surface area contributed by atoms with Crippen molar-refractivity contribution in [1.82, 2.24) is 24.4 Å². The highest BCUT2D eigenvalue weighted by atomic mass is 19.4. The number of rotatable bonds is 4. The Morgan fingerprint density at radius 3 is 2.62 bits per heavy atom. The number of aromatic nitrogens is 4. The van der Waals surface area contributed by atoms with Crippen LogP contribution in [0.2, 0.25) is 0 Å². The van der Waals surface area contributed by atoms with E-state index in [1.807, 2.05) is 7.05 Å². The molecule has 7 nitrogen and oxygen atoms in total. The number of pyridine rings is 2. The predicted molar refractivity (Wildman–Crippen MR) is 108 cm³/mol. The zero-order chi connectivity index (χ0) is 22.5. The largest absolute Gasteiger partial charge is 0.472 e. The fraction of sp³-hybridized carbons (Fsp3) is 0.364. The summed E-state index contributed by atoms with van der Waals surface area (Å²) in [5.74, 6) is 0.840. The van der Waals surface area contributed by atoms with Crippen molar-refractivity contribution in [1.29, 1.82) is 0 Å². The van der Waals surface area contributed by atoms with E-state index < -0.39 is 11.7 Å². The summed E-state index contributed by atoms with van der Waals surface area (Å²) in [5, 5.41) is 0. The van der Waals surface area contributed by atoms with Crippen LogP contribution in [-0.2, 0) is 13.2 Å². The van der Waals surface area contributed by atoms with Gasteiger partial charge in [0.05, 0.1) is 17.2 Å². The van der Waals surface area contributed by atoms with E-state index in [1.54, 1.807) is 40.2 Å². The first kappa shape index (κ1) is 20.5. The third kappa shape index (κ3) is 3.59. The molecule has 3 unspecified atom stereocenters. The number of carbonyl (C=O) groups excluding carboxylic acids is 1. The standard InChI is InChI=1S/C22H20F3N5O2/c1-29-8-7-27-20(29)19-15(3-2-6-26-19)21(31)30-12-13-9-16(30)17(10-13)32-18-5-4-14(11-28-18)22(23,24)25/h2-8,11,13,16-17H,9-10,12H2,1H3. The van der Waals surface area contributed by atoms with E-state index in [-0.39, 0.29) is 29.9 Å². The van der Waals surface area contributed by atoms with Gasteiger partial charge in [0.1, 0.15) is 11.8 Å². The highest BCUT2D eigenvalue weighted by molar-refractivity contribution is 5.99. The van der Waals surface area contributed by atoms with Crippen molar-refractivity contribution in [3.8, 4) is 17.4 Å². The Morgan fingerprint density at radius 2 is 1.97 bits per heavy atom. The normalized spacial score (nSPS) is 22.4. The maximum absolute atomic E-state index is 13.5. The summed E-state index contributed by atoms with van der Waals surface area (Å²) in [7, 11) is 1.84. The van der Waals surface area contributed by atoms with E-state index >= 15 is 0 Å². The van der Waals surface area contributed by atoms with Crippen molar-refractivity contribution in [2.75, 3.05) is 6.54 Å². The van der Waals surface area contributed by atoms with Gasteiger partial charge in [-0.15, -0.1) is 0 Å². The van der Waals surface area contributed by atoms with Gasteiger partial charge in [0.25, 0.3) is 5.91 Å². The molecule has 4 heterocycles. The third-order valence-electron chi connectivity index (χ3n) is 6.09. The Kier molecular flexibility index (Phi) is 4.87. The van der Waals surface area contributed by atoms with Crippen molar-refractivity contribution in [2.45, 2.75) is 31.2 Å². The Balaban J connectivity index is 1.36. The summed E-state index contributed by atoms with van der Waals surface area (Å²) in [6.07, 6.45) is 2.57. The maximum Gasteiger partial charge on any atom is 0.417 e. The predicted octanol–water partition coefficient (Wildman–Crippen LogP) is 3.58. The first-order valence-corrected chi connectivity index (χ1v) is 10.2. The molecule has 2 aliphatic rings. The molecule has 1 saturated heterocycles. The second kappa shape index (κ2) is 7.61. The molecule has 3 aromatic heterocycles. The number of alkyl halides is 3. The molecule has 1 aliphatic heterocycles. The average Bonchev–Trinajstić information content (AvgIpc) is 3.49. The molecular weight excluding hydrogens is 423 g/mol. The topological polar surface area (TPSA) is 73.1 Å². The number of halogens is 3. The number of carbonyl (C=O) groups is 1. The highest BCUT2D eigenvalue weighted by Crippen LogP contribution is 2.41. The van der Waals surface area contributed by atoms with E-state index in [4.69, 9.17) is 4.74 Å². The summed E-state index contributed by atoms with van der Waals surface area (Å²) in [5.41, 5.74) is 0.142. The van der Waals surface area contributed by atoms with Gasteiger partial charge >= 0.3 is 6.18 Å². The second-order valence-corrected chi connectivity index (χ2v) is 8.16. The van der Waals surface area contributed by atoms with E-state index in [9.17, 15) is 18.0 Å². The minimum atomic E-state index is -4.45. The van der Waals surface area contributed by atoms with Crippen LogP contribution < -0.4 is 4.74 Å². The Labute approximate surface area is 181 Å². The van der Waals surface area contributed by atoms with Gasteiger partial charge in [-0.2, -0.15) is 13.2 Å². The van der Waals surface area contributed by atoms with Gasteiger partial charge in [-0.05, 0) is 37.0 Å². The number of amides is 1. The quantitative estimate of drug-likeness (QED) is 0.616. The van der Waals surface area contributed by atoms with Crippen molar-refractivity contribution < 1.29 is 22.7 Å². The number of likely N-dealkylation sites (tertiary alicyclic amines) is 1. The van der Waals surface area contributed by atoms with Crippen molar-refractivity contribution in [3.05, 3.63) is 60.2 Å². The molecule has 2 fully saturated rings. The third-order valence-corrected chi connectivity index (χ3v) is 6.09. The highest BCUT2D eigenvalue weighted by Gasteiger charge is 2.49. The molecule has 0 aromatic carbocycles. The summed E-state index contributed by atoms with van der Waals surface area (Å²) in [6, 6.07) is 5.45. The lowest BCUT2D eigenvalue weighted by molar-refractivity contribution is -0.137. The number of hydrogen-bond donors (Lipinski definition) is 0. The van der Waals surface area contributed by atoms with Crippen LogP contribution >= 0.6 is 0 Å². The van der Waals surface area contributed by atoms with E-state index in [2.05, 4.69) is 15.0 Å². The van der Waals surface area contributed by atoms with Gasteiger partial charge in [0, 0.05) is 44.4 Å². The molecule has 2 bridgehead atoms. The maximum atomic E-state index is 13.5. The molecule has 1 saturated carbocycles. The van der Waals surface area contributed by atoms with E-state index in [1.165, 1.54) is 6.07 Å². The number of fused-ring (bicyclic) bond motifs is 2. The van der Waals surface area contributed by atoms with Crippen LogP contribution in [0.5, 0.6) is 5.88 Å². The van der Waals surface area contributed by atoms with Crippen molar-refractivity contribution >= 4 is 5.91 Å². The number of piperidine rings is 1. The van der Waals surface area contributed by atoms with E-state index in [0.29, 0.717) is 23.6 Å². The minimum absolute atomic E-state index is 0.123. The number of nitrogens with zero attached hydrogens (tertiary/aromatic N) is 5. The van der Waals surface area contributed by atoms with Gasteiger partial charge in [-0.3, -0.25) is 9.78 Å². The van der Waals surface area contributed by atoms with Crippen LogP contribution in [0.3, 0.4) is 0 Å². The zero-order valence-electron chi connectivity index (χ0n) is 17.2. The van der Waals surface area contributed by atoms with Crippen molar-refractivity contribution in [2.24, 2.45) is 13.0 Å². The van der Waals surface area contributed by atoms with Crippen LogP contribution in [0.15, 0.2) is 49.1 Å². The molecule has 3 aromatic rings. The molecule has 1 amide bonds. The molecule has 1 aliphatic carbocycles. The van der Waals surface area contributed by atoms with Gasteiger partial charge in [0.2, 0.25) is 5.88 Å². The van der Waals surface area contributed by atoms with Gasteiger partial charge in [-0.25, -0.2) is 9.97 Å². The number of imidazole rings is 1. The van der Waals surface area contributed by atoms with Gasteiger partial charge < -0.3 is 14.2 Å². The fourth-order valence-corrected chi connectivity index (χ4v) is 4.60. The molecule has 32 heavy (non-hydrogen) atoms. The molecule has 0 spiro atoms. The number of aryl methyl sites for hydroxylation is 1. The second-order valence-electron chi connectivity index (χ2n) is 8.16. The van der Waals surface area contributed by atoms with Gasteiger partial charge in [-0.1, -0.05) is 0 Å². The summed E-state index contributed by atoms with van der Waals surface area (Å²) in [6.45, 7) is 0.610. The van der Waals surface area contributed by atoms with Crippen LogP contribution in [0.1, 0.15) is 28.8 Å². The SMILES string of the molecule is Cn1ccnc1-c1ncccc1C(=O)N1CC2CC(Oc3ccc(C(F)(F)F)cn3)C1C2. The molecule has 10 heteroatoms. The first-order valence-electron chi connectivity index (χ1n) is 10.2. The molecular formula is C22H20F3N5O2. The molecule has 166 valence electrons. The molecule has 0 radical (unpaired) electrons. The van der Waals surface area contributed by atoms with Crippen LogP contribution in [0, 0.1) is 5.92 Å². The summed E-state index contributed by atoms with van der Waals surface area (Å²) >= 11 is 0. The Hall–Kier alpha value is -3.43. The minimum Gasteiger partial charge on any atom is -0.472 e. The molecule has 5 rings (SSSR count). The monoisotopic (exact) mass is 443 g/mol. The van der Waals surface area contributed by atoms with Crippen molar-refractivity contribution in [3.63, 3.8) is 0 Å². The first-order chi connectivity index (χ1) is 15.3. The van der Waals surface area contributed by atoms with Crippen LogP contribution in [-0.4, -0.2) is 49.0 Å². The van der Waals surface area contributed by atoms with Crippen LogP contribution in [0.4, 0.5) is 13.2 Å². The molecule has 0 N–H and O–H groups in total. The molecule has 3 atom stereocenters. The smallest absolute Gasteiger partial charge is 0.417 e. The Bertz CT molecular complexity index is 1140.